The summed E-state index contributed by atoms with van der Waals surface area (Å²) in [7, 11) is 0. The molecular weight excluding hydrogens is 410 g/mol. The molecule has 5 heteroatoms. The molecule has 1 N–H and O–H groups in total. The molecule has 0 bridgehead atoms. The third kappa shape index (κ3) is 6.83. The summed E-state index contributed by atoms with van der Waals surface area (Å²) in [5.74, 6) is 2.69. The fraction of sp³-hybridized carbons (Fsp3) is 0.500. The van der Waals surface area contributed by atoms with Crippen molar-refractivity contribution < 1.29 is 9.53 Å². The van der Waals surface area contributed by atoms with E-state index < -0.39 is 0 Å². The summed E-state index contributed by atoms with van der Waals surface area (Å²) in [5.41, 5.74) is 4.72. The number of imidazole rings is 1. The van der Waals surface area contributed by atoms with E-state index in [0.29, 0.717) is 19.1 Å². The number of hydrogen-bond donors (Lipinski definition) is 1. The number of aromatic nitrogens is 2. The monoisotopic (exact) mass is 449 g/mol. The van der Waals surface area contributed by atoms with Gasteiger partial charge in [-0.2, -0.15) is 0 Å². The van der Waals surface area contributed by atoms with E-state index in [1.54, 1.807) is 0 Å². The number of fused-ring (bicyclic) bond motifs is 1. The first-order valence-corrected chi connectivity index (χ1v) is 12.3. The third-order valence-corrected chi connectivity index (χ3v) is 5.96. The van der Waals surface area contributed by atoms with Crippen molar-refractivity contribution >= 4 is 16.9 Å². The van der Waals surface area contributed by atoms with Crippen LogP contribution in [0.5, 0.6) is 5.75 Å². The molecule has 0 atom stereocenters. The standard InChI is InChI=1S/C28H39N3O2/c1-20(2)23-15-14-22(5)19-26(23)33-18-9-8-17-31-25-12-7-6-11-24(25)30-27(31)13-10-16-29-28(32)21(3)4/h6-7,11-12,14-15,19-21H,8-10,13,16-18H2,1-5H3,(H,29,32). The number of rotatable bonds is 12. The van der Waals surface area contributed by atoms with Crippen molar-refractivity contribution in [2.24, 2.45) is 5.92 Å². The Balaban J connectivity index is 1.56. The number of ether oxygens (including phenoxy) is 1. The number of nitrogens with zero attached hydrogens (tertiary/aromatic N) is 2. The highest BCUT2D eigenvalue weighted by Crippen LogP contribution is 2.27. The molecule has 1 aromatic heterocycles. The second kappa shape index (κ2) is 11.9. The van der Waals surface area contributed by atoms with Crippen LogP contribution in [0.25, 0.3) is 11.0 Å². The third-order valence-electron chi connectivity index (χ3n) is 5.96. The van der Waals surface area contributed by atoms with Gasteiger partial charge in [0.1, 0.15) is 11.6 Å². The molecule has 0 fully saturated rings. The highest BCUT2D eigenvalue weighted by molar-refractivity contribution is 5.77. The van der Waals surface area contributed by atoms with Gasteiger partial charge in [0.25, 0.3) is 0 Å². The van der Waals surface area contributed by atoms with Crippen molar-refractivity contribution in [2.75, 3.05) is 13.2 Å². The number of para-hydroxylation sites is 2. The van der Waals surface area contributed by atoms with Crippen LogP contribution in [0.1, 0.15) is 69.8 Å². The minimum absolute atomic E-state index is 0.0215. The van der Waals surface area contributed by atoms with Crippen molar-refractivity contribution in [1.29, 1.82) is 0 Å². The zero-order chi connectivity index (χ0) is 23.8. The predicted molar refractivity (Wildman–Crippen MR) is 136 cm³/mol. The Morgan fingerprint density at radius 1 is 1.06 bits per heavy atom. The van der Waals surface area contributed by atoms with Gasteiger partial charge in [0, 0.05) is 25.4 Å². The van der Waals surface area contributed by atoms with Crippen LogP contribution in [-0.4, -0.2) is 28.6 Å². The first kappa shape index (κ1) is 24.8. The van der Waals surface area contributed by atoms with Crippen LogP contribution in [0.4, 0.5) is 0 Å². The SMILES string of the molecule is Cc1ccc(C(C)C)c(OCCCCn2c(CCCNC(=O)C(C)C)nc3ccccc32)c1. The van der Waals surface area contributed by atoms with Gasteiger partial charge in [0.2, 0.25) is 5.91 Å². The van der Waals surface area contributed by atoms with Crippen LogP contribution in [0.15, 0.2) is 42.5 Å². The Labute approximate surface area is 198 Å². The lowest BCUT2D eigenvalue weighted by Gasteiger charge is -2.15. The van der Waals surface area contributed by atoms with Crippen LogP contribution in [0, 0.1) is 12.8 Å². The van der Waals surface area contributed by atoms with E-state index in [1.165, 1.54) is 16.6 Å². The summed E-state index contributed by atoms with van der Waals surface area (Å²) in [5, 5.41) is 3.00. The minimum atomic E-state index is 0.0215. The van der Waals surface area contributed by atoms with Crippen molar-refractivity contribution in [3.8, 4) is 5.75 Å². The molecule has 0 aliphatic rings. The Kier molecular flexibility index (Phi) is 8.93. The van der Waals surface area contributed by atoms with Crippen LogP contribution in [0.2, 0.25) is 0 Å². The highest BCUT2D eigenvalue weighted by Gasteiger charge is 2.12. The first-order valence-electron chi connectivity index (χ1n) is 12.3. The maximum atomic E-state index is 11.8. The molecule has 0 saturated heterocycles. The first-order chi connectivity index (χ1) is 15.9. The molecule has 0 radical (unpaired) electrons. The quantitative estimate of drug-likeness (QED) is 0.343. The number of unbranched alkanes of at least 4 members (excludes halogenated alkanes) is 1. The molecule has 3 rings (SSSR count). The van der Waals surface area contributed by atoms with E-state index in [1.807, 2.05) is 19.9 Å². The Hall–Kier alpha value is -2.82. The topological polar surface area (TPSA) is 56.1 Å². The van der Waals surface area contributed by atoms with Gasteiger partial charge >= 0.3 is 0 Å². The fourth-order valence-electron chi connectivity index (χ4n) is 4.03. The summed E-state index contributed by atoms with van der Waals surface area (Å²) >= 11 is 0. The van der Waals surface area contributed by atoms with E-state index in [9.17, 15) is 4.79 Å². The van der Waals surface area contributed by atoms with E-state index in [0.717, 1.165) is 49.3 Å². The molecule has 5 nitrogen and oxygen atoms in total. The van der Waals surface area contributed by atoms with Gasteiger partial charge in [-0.15, -0.1) is 0 Å². The van der Waals surface area contributed by atoms with Gasteiger partial charge in [0.05, 0.1) is 17.6 Å². The molecular formula is C28H39N3O2. The molecule has 2 aromatic carbocycles. The van der Waals surface area contributed by atoms with E-state index in [-0.39, 0.29) is 11.8 Å². The average molecular weight is 450 g/mol. The molecule has 0 spiro atoms. The normalized spacial score (nSPS) is 11.5. The number of hydrogen-bond acceptors (Lipinski definition) is 3. The Bertz CT molecular complexity index is 1050. The lowest BCUT2D eigenvalue weighted by molar-refractivity contribution is -0.123. The second-order valence-corrected chi connectivity index (χ2v) is 9.47. The smallest absolute Gasteiger partial charge is 0.222 e. The van der Waals surface area contributed by atoms with Crippen LogP contribution >= 0.6 is 0 Å². The molecule has 178 valence electrons. The van der Waals surface area contributed by atoms with Gasteiger partial charge in [-0.05, 0) is 61.4 Å². The second-order valence-electron chi connectivity index (χ2n) is 9.47. The molecule has 0 aliphatic carbocycles. The molecule has 1 amide bonds. The number of carbonyl (C=O) groups excluding carboxylic acids is 1. The Morgan fingerprint density at radius 3 is 2.61 bits per heavy atom. The number of aryl methyl sites for hydroxylation is 3. The number of nitrogens with one attached hydrogen (secondary N) is 1. The molecule has 1 heterocycles. The summed E-state index contributed by atoms with van der Waals surface area (Å²) in [4.78, 5) is 16.7. The average Bonchev–Trinajstić information content (AvgIpc) is 3.13. The molecule has 0 saturated carbocycles. The maximum absolute atomic E-state index is 11.8. The largest absolute Gasteiger partial charge is 0.493 e. The van der Waals surface area contributed by atoms with Crippen LogP contribution in [0.3, 0.4) is 0 Å². The van der Waals surface area contributed by atoms with E-state index >= 15 is 0 Å². The zero-order valence-corrected chi connectivity index (χ0v) is 20.9. The van der Waals surface area contributed by atoms with Crippen molar-refractivity contribution in [1.82, 2.24) is 14.9 Å². The number of amides is 1. The zero-order valence-electron chi connectivity index (χ0n) is 20.9. The molecule has 0 unspecified atom stereocenters. The maximum Gasteiger partial charge on any atom is 0.222 e. The van der Waals surface area contributed by atoms with Crippen LogP contribution < -0.4 is 10.1 Å². The van der Waals surface area contributed by atoms with Gasteiger partial charge in [-0.25, -0.2) is 4.98 Å². The lowest BCUT2D eigenvalue weighted by atomic mass is 10.0. The number of benzene rings is 2. The summed E-state index contributed by atoms with van der Waals surface area (Å²) < 4.78 is 8.51. The predicted octanol–water partition coefficient (Wildman–Crippen LogP) is 6.03. The molecule has 3 aromatic rings. The summed E-state index contributed by atoms with van der Waals surface area (Å²) in [6.45, 7) is 12.7. The van der Waals surface area contributed by atoms with Gasteiger partial charge in [-0.3, -0.25) is 4.79 Å². The van der Waals surface area contributed by atoms with E-state index in [4.69, 9.17) is 9.72 Å². The van der Waals surface area contributed by atoms with Crippen molar-refractivity contribution in [3.05, 3.63) is 59.4 Å². The van der Waals surface area contributed by atoms with Gasteiger partial charge in [0.15, 0.2) is 0 Å². The molecule has 33 heavy (non-hydrogen) atoms. The van der Waals surface area contributed by atoms with Gasteiger partial charge in [-0.1, -0.05) is 52.0 Å². The van der Waals surface area contributed by atoms with Crippen molar-refractivity contribution in [3.63, 3.8) is 0 Å². The Morgan fingerprint density at radius 2 is 1.85 bits per heavy atom. The summed E-state index contributed by atoms with van der Waals surface area (Å²) in [6, 6.07) is 14.8. The van der Waals surface area contributed by atoms with Crippen molar-refractivity contribution in [2.45, 2.75) is 72.8 Å². The van der Waals surface area contributed by atoms with E-state index in [2.05, 4.69) is 67.1 Å². The van der Waals surface area contributed by atoms with Gasteiger partial charge < -0.3 is 14.6 Å². The lowest BCUT2D eigenvalue weighted by Crippen LogP contribution is -2.28. The summed E-state index contributed by atoms with van der Waals surface area (Å²) in [6.07, 6.45) is 3.75. The number of carbonyl (C=O) groups is 1. The van der Waals surface area contributed by atoms with Crippen LogP contribution in [-0.2, 0) is 17.8 Å². The fourth-order valence-corrected chi connectivity index (χ4v) is 4.03. The molecule has 0 aliphatic heterocycles. The highest BCUT2D eigenvalue weighted by atomic mass is 16.5. The minimum Gasteiger partial charge on any atom is -0.493 e.